The molecule has 0 aliphatic heterocycles. The number of halogens is 4. The molecule has 0 saturated heterocycles. The Morgan fingerprint density at radius 2 is 2.00 bits per heavy atom. The van der Waals surface area contributed by atoms with Gasteiger partial charge in [-0.25, -0.2) is 4.39 Å². The van der Waals surface area contributed by atoms with Crippen molar-refractivity contribution >= 4 is 15.9 Å². The Bertz CT molecular complexity index is 74.2. The zero-order chi connectivity index (χ0) is 5.86. The van der Waals surface area contributed by atoms with Gasteiger partial charge in [-0.05, 0) is 15.9 Å². The lowest BCUT2D eigenvalue weighted by Crippen LogP contribution is -1.76. The standard InChI is InChI=1S/C3H2BrF3/c4-2(5)1-3(6)7/h1-2H. The smallest absolute Gasteiger partial charge is 0.230 e. The van der Waals surface area contributed by atoms with Gasteiger partial charge < -0.3 is 0 Å². The largest absolute Gasteiger partial charge is 0.270 e. The van der Waals surface area contributed by atoms with E-state index in [9.17, 15) is 13.2 Å². The van der Waals surface area contributed by atoms with Crippen LogP contribution in [-0.4, -0.2) is 5.08 Å². The van der Waals surface area contributed by atoms with Gasteiger partial charge in [0.05, 0.1) is 0 Å². The van der Waals surface area contributed by atoms with E-state index < -0.39 is 11.2 Å². The van der Waals surface area contributed by atoms with Gasteiger partial charge in [-0.1, -0.05) is 0 Å². The summed E-state index contributed by atoms with van der Waals surface area (Å²) in [6, 6.07) is 0. The Balaban J connectivity index is 3.45. The first-order chi connectivity index (χ1) is 3.13. The van der Waals surface area contributed by atoms with E-state index in [1.807, 2.05) is 0 Å². The zero-order valence-corrected chi connectivity index (χ0v) is 4.75. The predicted octanol–water partition coefficient (Wildman–Crippen LogP) is 2.46. The highest BCUT2D eigenvalue weighted by molar-refractivity contribution is 9.09. The molecule has 0 bridgehead atoms. The summed E-state index contributed by atoms with van der Waals surface area (Å²) in [6.45, 7) is 0. The summed E-state index contributed by atoms with van der Waals surface area (Å²) in [7, 11) is 0. The molecule has 0 spiro atoms. The van der Waals surface area contributed by atoms with Crippen molar-refractivity contribution in [1.82, 2.24) is 0 Å². The van der Waals surface area contributed by atoms with Crippen LogP contribution in [0, 0.1) is 0 Å². The van der Waals surface area contributed by atoms with Crippen molar-refractivity contribution in [3.63, 3.8) is 0 Å². The van der Waals surface area contributed by atoms with Crippen LogP contribution in [0.4, 0.5) is 13.2 Å². The summed E-state index contributed by atoms with van der Waals surface area (Å²) >= 11 is 2.25. The first kappa shape index (κ1) is 7.01. The minimum absolute atomic E-state index is 0.167. The second-order valence-electron chi connectivity index (χ2n) is 0.791. The summed E-state index contributed by atoms with van der Waals surface area (Å²) in [4.78, 5) is 0. The molecule has 0 nitrogen and oxygen atoms in total. The summed E-state index contributed by atoms with van der Waals surface area (Å²) in [5, 5.41) is -1.72. The minimum atomic E-state index is -2.01. The predicted molar refractivity (Wildman–Crippen MR) is 24.1 cm³/mol. The Morgan fingerprint density at radius 1 is 1.57 bits per heavy atom. The molecule has 7 heavy (non-hydrogen) atoms. The second kappa shape index (κ2) is 3.07. The highest BCUT2D eigenvalue weighted by Gasteiger charge is 1.95. The van der Waals surface area contributed by atoms with Crippen LogP contribution in [0.1, 0.15) is 0 Å². The van der Waals surface area contributed by atoms with Gasteiger partial charge in [-0.15, -0.1) is 0 Å². The molecule has 4 heteroatoms. The summed E-state index contributed by atoms with van der Waals surface area (Å²) in [6.07, 6.45) is -1.84. The minimum Gasteiger partial charge on any atom is -0.230 e. The van der Waals surface area contributed by atoms with Crippen LogP contribution in [0.5, 0.6) is 0 Å². The van der Waals surface area contributed by atoms with Gasteiger partial charge in [-0.2, -0.15) is 8.78 Å². The maximum atomic E-state index is 11.3. The monoisotopic (exact) mass is 174 g/mol. The fourth-order valence-corrected chi connectivity index (χ4v) is 0.295. The number of allylic oxidation sites excluding steroid dienone is 1. The Labute approximate surface area is 47.1 Å². The lowest BCUT2D eigenvalue weighted by atomic mass is 10.7. The molecule has 0 aromatic carbocycles. The third-order valence-corrected chi connectivity index (χ3v) is 0.516. The first-order valence-corrected chi connectivity index (χ1v) is 2.35. The van der Waals surface area contributed by atoms with Gasteiger partial charge in [0.25, 0.3) is 6.08 Å². The van der Waals surface area contributed by atoms with E-state index in [1.54, 1.807) is 0 Å². The lowest BCUT2D eigenvalue weighted by Gasteiger charge is -1.81. The third kappa shape index (κ3) is 6.01. The van der Waals surface area contributed by atoms with Gasteiger partial charge in [-0.3, -0.25) is 0 Å². The van der Waals surface area contributed by atoms with E-state index in [4.69, 9.17) is 0 Å². The molecule has 0 saturated carbocycles. The number of rotatable bonds is 1. The molecule has 0 heterocycles. The summed E-state index contributed by atoms with van der Waals surface area (Å²) in [5.41, 5.74) is 0. The normalized spacial score (nSPS) is 13.1. The van der Waals surface area contributed by atoms with Gasteiger partial charge in [0.15, 0.2) is 5.08 Å². The molecule has 0 fully saturated rings. The summed E-state index contributed by atoms with van der Waals surface area (Å²) < 4.78 is 33.1. The maximum absolute atomic E-state index is 11.3. The first-order valence-electron chi connectivity index (χ1n) is 1.44. The zero-order valence-electron chi connectivity index (χ0n) is 3.17. The molecule has 42 valence electrons. The second-order valence-corrected chi connectivity index (χ2v) is 1.67. The Kier molecular flexibility index (Phi) is 3.07. The average molecular weight is 175 g/mol. The van der Waals surface area contributed by atoms with Crippen LogP contribution in [0.2, 0.25) is 0 Å². The molecule has 0 aliphatic rings. The van der Waals surface area contributed by atoms with Gasteiger partial charge in [0.2, 0.25) is 0 Å². The van der Waals surface area contributed by atoms with Gasteiger partial charge in [0.1, 0.15) is 0 Å². The van der Waals surface area contributed by atoms with Crippen LogP contribution in [-0.2, 0) is 0 Å². The molecular formula is C3H2BrF3. The fraction of sp³-hybridized carbons (Fsp3) is 0.333. The van der Waals surface area contributed by atoms with E-state index in [-0.39, 0.29) is 6.08 Å². The summed E-state index contributed by atoms with van der Waals surface area (Å²) in [5.74, 6) is 0. The van der Waals surface area contributed by atoms with Crippen LogP contribution >= 0.6 is 15.9 Å². The van der Waals surface area contributed by atoms with Crippen molar-refractivity contribution in [3.8, 4) is 0 Å². The SMILES string of the molecule is FC(F)=CC(F)Br. The fourth-order valence-electron chi connectivity index (χ4n) is 0.0952. The van der Waals surface area contributed by atoms with Crippen molar-refractivity contribution in [3.05, 3.63) is 12.2 Å². The third-order valence-electron chi connectivity index (χ3n) is 0.252. The molecule has 1 atom stereocenters. The van der Waals surface area contributed by atoms with Crippen molar-refractivity contribution in [2.45, 2.75) is 5.08 Å². The highest BCUT2D eigenvalue weighted by atomic mass is 79.9. The topological polar surface area (TPSA) is 0 Å². The molecule has 0 aromatic rings. The number of alkyl halides is 2. The van der Waals surface area contributed by atoms with Crippen molar-refractivity contribution in [2.24, 2.45) is 0 Å². The van der Waals surface area contributed by atoms with E-state index >= 15 is 0 Å². The lowest BCUT2D eigenvalue weighted by molar-refractivity contribution is 0.405. The van der Waals surface area contributed by atoms with Crippen LogP contribution in [0.3, 0.4) is 0 Å². The van der Waals surface area contributed by atoms with Crippen LogP contribution in [0.15, 0.2) is 12.2 Å². The number of hydrogen-bond acceptors (Lipinski definition) is 0. The van der Waals surface area contributed by atoms with Crippen molar-refractivity contribution < 1.29 is 13.2 Å². The Hall–Kier alpha value is 0.01000. The van der Waals surface area contributed by atoms with E-state index in [1.165, 1.54) is 0 Å². The van der Waals surface area contributed by atoms with Gasteiger partial charge >= 0.3 is 0 Å². The molecule has 0 aromatic heterocycles. The van der Waals surface area contributed by atoms with E-state index in [0.717, 1.165) is 0 Å². The van der Waals surface area contributed by atoms with Crippen molar-refractivity contribution in [1.29, 1.82) is 0 Å². The molecule has 0 rings (SSSR count). The van der Waals surface area contributed by atoms with Crippen LogP contribution < -0.4 is 0 Å². The van der Waals surface area contributed by atoms with Gasteiger partial charge in [0, 0.05) is 6.08 Å². The highest BCUT2D eigenvalue weighted by Crippen LogP contribution is 2.07. The van der Waals surface area contributed by atoms with E-state index in [2.05, 4.69) is 15.9 Å². The van der Waals surface area contributed by atoms with Crippen molar-refractivity contribution in [2.75, 3.05) is 0 Å². The quantitative estimate of drug-likeness (QED) is 0.537. The molecule has 0 N–H and O–H groups in total. The molecule has 0 aliphatic carbocycles. The average Bonchev–Trinajstić information content (AvgIpc) is 1.27. The van der Waals surface area contributed by atoms with E-state index in [0.29, 0.717) is 0 Å². The maximum Gasteiger partial charge on any atom is 0.270 e. The molecule has 0 amide bonds. The molecule has 1 unspecified atom stereocenters. The Morgan fingerprint density at radius 3 is 2.00 bits per heavy atom. The van der Waals surface area contributed by atoms with Crippen LogP contribution in [0.25, 0.3) is 0 Å². The molecular weight excluding hydrogens is 173 g/mol. The number of hydrogen-bond donors (Lipinski definition) is 0. The molecule has 0 radical (unpaired) electrons.